The van der Waals surface area contributed by atoms with Crippen molar-refractivity contribution >= 4 is 0 Å². The molecule has 104 valence electrons. The molecule has 0 amide bonds. The molecule has 2 saturated heterocycles. The van der Waals surface area contributed by atoms with Gasteiger partial charge in [-0.25, -0.2) is 0 Å². The van der Waals surface area contributed by atoms with Crippen molar-refractivity contribution < 1.29 is 4.74 Å². The van der Waals surface area contributed by atoms with Crippen LogP contribution in [0, 0.1) is 11.8 Å². The number of hydrogen-bond donors (Lipinski definition) is 0. The van der Waals surface area contributed by atoms with E-state index in [-0.39, 0.29) is 0 Å². The zero-order valence-corrected chi connectivity index (χ0v) is 12.3. The van der Waals surface area contributed by atoms with Gasteiger partial charge in [0.25, 0.3) is 0 Å². The predicted molar refractivity (Wildman–Crippen MR) is 77.8 cm³/mol. The van der Waals surface area contributed by atoms with E-state index >= 15 is 0 Å². The van der Waals surface area contributed by atoms with E-state index in [4.69, 9.17) is 4.74 Å². The van der Waals surface area contributed by atoms with Gasteiger partial charge in [-0.2, -0.15) is 0 Å². The zero-order valence-electron chi connectivity index (χ0n) is 12.3. The molecule has 2 aliphatic rings. The molecule has 0 aromatic heterocycles. The third-order valence-corrected chi connectivity index (χ3v) is 4.82. The summed E-state index contributed by atoms with van der Waals surface area (Å²) in [6, 6.07) is 12.0. The first kappa shape index (κ1) is 13.1. The van der Waals surface area contributed by atoms with Crippen LogP contribution in [0.2, 0.25) is 0 Å². The molecule has 2 nitrogen and oxygen atoms in total. The number of nitrogens with zero attached hydrogens (tertiary/aromatic N) is 1. The van der Waals surface area contributed by atoms with Crippen molar-refractivity contribution in [2.45, 2.75) is 51.9 Å². The molecule has 0 spiro atoms. The predicted octanol–water partition coefficient (Wildman–Crippen LogP) is 3.84. The van der Waals surface area contributed by atoms with Gasteiger partial charge in [0.15, 0.2) is 0 Å². The van der Waals surface area contributed by atoms with Crippen LogP contribution in [0.25, 0.3) is 0 Å². The molecule has 0 unspecified atom stereocenters. The first-order valence-corrected chi connectivity index (χ1v) is 7.62. The van der Waals surface area contributed by atoms with E-state index in [0.717, 1.165) is 6.61 Å². The normalized spacial score (nSPS) is 35.6. The molecule has 1 aromatic carbocycles. The second-order valence-corrected chi connectivity index (χ2v) is 6.46. The minimum absolute atomic E-state index is 0.325. The first-order chi connectivity index (χ1) is 9.18. The van der Waals surface area contributed by atoms with Crippen LogP contribution in [0.1, 0.15) is 45.2 Å². The molecule has 0 saturated carbocycles. The lowest BCUT2D eigenvalue weighted by molar-refractivity contribution is -0.0722. The van der Waals surface area contributed by atoms with Crippen molar-refractivity contribution in [1.29, 1.82) is 0 Å². The van der Waals surface area contributed by atoms with Gasteiger partial charge in [-0.15, -0.1) is 0 Å². The van der Waals surface area contributed by atoms with Gasteiger partial charge in [0.05, 0.1) is 12.6 Å². The lowest BCUT2D eigenvalue weighted by Gasteiger charge is -2.44. The maximum absolute atomic E-state index is 6.14. The lowest BCUT2D eigenvalue weighted by atomic mass is 9.85. The molecule has 0 aliphatic carbocycles. The first-order valence-electron chi connectivity index (χ1n) is 7.62. The number of ether oxygens (including phenoxy) is 1. The van der Waals surface area contributed by atoms with Gasteiger partial charge < -0.3 is 4.74 Å². The summed E-state index contributed by atoms with van der Waals surface area (Å²) in [4.78, 5) is 2.66. The molecule has 19 heavy (non-hydrogen) atoms. The van der Waals surface area contributed by atoms with Gasteiger partial charge in [0.2, 0.25) is 0 Å². The molecular formula is C17H25NO. The van der Waals surface area contributed by atoms with Crippen molar-refractivity contribution in [2.75, 3.05) is 6.61 Å². The minimum Gasteiger partial charge on any atom is -0.361 e. The Morgan fingerprint density at radius 1 is 1.16 bits per heavy atom. The van der Waals surface area contributed by atoms with Gasteiger partial charge >= 0.3 is 0 Å². The summed E-state index contributed by atoms with van der Waals surface area (Å²) in [5, 5.41) is 0. The van der Waals surface area contributed by atoms with E-state index in [1.807, 2.05) is 0 Å². The van der Waals surface area contributed by atoms with Crippen LogP contribution in [-0.4, -0.2) is 23.8 Å². The average Bonchev–Trinajstić information content (AvgIpc) is 2.85. The lowest BCUT2D eigenvalue weighted by Crippen LogP contribution is -2.50. The maximum Gasteiger partial charge on any atom is 0.114 e. The van der Waals surface area contributed by atoms with E-state index in [2.05, 4.69) is 56.0 Å². The third-order valence-electron chi connectivity index (χ3n) is 4.82. The number of benzene rings is 1. The van der Waals surface area contributed by atoms with Crippen LogP contribution >= 0.6 is 0 Å². The fraction of sp³-hybridized carbons (Fsp3) is 0.647. The molecule has 2 fully saturated rings. The molecule has 0 N–H and O–H groups in total. The summed E-state index contributed by atoms with van der Waals surface area (Å²) in [6.07, 6.45) is 2.93. The summed E-state index contributed by atoms with van der Waals surface area (Å²) in [6.45, 7) is 7.88. The van der Waals surface area contributed by atoms with E-state index in [0.29, 0.717) is 30.1 Å². The number of hydrogen-bond acceptors (Lipinski definition) is 2. The molecule has 2 heterocycles. The molecule has 3 rings (SSSR count). The van der Waals surface area contributed by atoms with Crippen LogP contribution in [0.3, 0.4) is 0 Å². The Bertz CT molecular complexity index is 417. The summed E-state index contributed by atoms with van der Waals surface area (Å²) in [5.74, 6) is 1.35. The summed E-state index contributed by atoms with van der Waals surface area (Å²) >= 11 is 0. The minimum atomic E-state index is 0.325. The van der Waals surface area contributed by atoms with E-state index in [1.165, 1.54) is 18.4 Å². The van der Waals surface area contributed by atoms with Gasteiger partial charge in [-0.3, -0.25) is 4.90 Å². The SMILES string of the molecule is CC(C)[C@H]1CC[C@@H](C)[C@H]2OC[C@@H](c3ccccc3)N12. The maximum atomic E-state index is 6.14. The van der Waals surface area contributed by atoms with Gasteiger partial charge in [-0.1, -0.05) is 51.1 Å². The molecular weight excluding hydrogens is 234 g/mol. The standard InChI is InChI=1S/C17H25NO/c1-12(2)15-10-9-13(3)17-18(15)16(11-19-17)14-7-5-4-6-8-14/h4-8,12-13,15-17H,9-11H2,1-3H3/t13-,15-,16+,17-/m1/s1. The molecule has 0 bridgehead atoms. The van der Waals surface area contributed by atoms with Gasteiger partial charge in [0.1, 0.15) is 6.23 Å². The Labute approximate surface area is 116 Å². The number of fused-ring (bicyclic) bond motifs is 1. The van der Waals surface area contributed by atoms with Crippen LogP contribution in [0.4, 0.5) is 0 Å². The highest BCUT2D eigenvalue weighted by atomic mass is 16.5. The fourth-order valence-corrected chi connectivity index (χ4v) is 3.76. The van der Waals surface area contributed by atoms with Crippen molar-refractivity contribution in [3.63, 3.8) is 0 Å². The summed E-state index contributed by atoms with van der Waals surface area (Å²) < 4.78 is 6.14. The molecule has 2 aliphatic heterocycles. The van der Waals surface area contributed by atoms with Crippen LogP contribution < -0.4 is 0 Å². The molecule has 2 heteroatoms. The Balaban J connectivity index is 1.90. The Morgan fingerprint density at radius 3 is 2.58 bits per heavy atom. The van der Waals surface area contributed by atoms with Crippen LogP contribution in [0.5, 0.6) is 0 Å². The van der Waals surface area contributed by atoms with E-state index < -0.39 is 0 Å². The Morgan fingerprint density at radius 2 is 1.89 bits per heavy atom. The Kier molecular flexibility index (Phi) is 3.64. The number of rotatable bonds is 2. The van der Waals surface area contributed by atoms with Gasteiger partial charge in [-0.05, 0) is 30.2 Å². The summed E-state index contributed by atoms with van der Waals surface area (Å²) in [5.41, 5.74) is 1.41. The van der Waals surface area contributed by atoms with Crippen molar-refractivity contribution in [3.05, 3.63) is 35.9 Å². The highest BCUT2D eigenvalue weighted by Gasteiger charge is 2.45. The highest BCUT2D eigenvalue weighted by molar-refractivity contribution is 5.21. The van der Waals surface area contributed by atoms with Crippen molar-refractivity contribution in [2.24, 2.45) is 11.8 Å². The van der Waals surface area contributed by atoms with Gasteiger partial charge in [0, 0.05) is 6.04 Å². The van der Waals surface area contributed by atoms with E-state index in [1.54, 1.807) is 0 Å². The van der Waals surface area contributed by atoms with Crippen molar-refractivity contribution in [1.82, 2.24) is 4.90 Å². The molecule has 0 radical (unpaired) electrons. The highest BCUT2D eigenvalue weighted by Crippen LogP contribution is 2.42. The second-order valence-electron chi connectivity index (χ2n) is 6.46. The van der Waals surface area contributed by atoms with Crippen LogP contribution in [0.15, 0.2) is 30.3 Å². The quantitative estimate of drug-likeness (QED) is 0.800. The smallest absolute Gasteiger partial charge is 0.114 e. The zero-order chi connectivity index (χ0) is 13.4. The molecule has 4 atom stereocenters. The fourth-order valence-electron chi connectivity index (χ4n) is 3.76. The summed E-state index contributed by atoms with van der Waals surface area (Å²) in [7, 11) is 0. The van der Waals surface area contributed by atoms with Crippen molar-refractivity contribution in [3.8, 4) is 0 Å². The third kappa shape index (κ3) is 2.32. The largest absolute Gasteiger partial charge is 0.361 e. The average molecular weight is 259 g/mol. The Hall–Kier alpha value is -0.860. The van der Waals surface area contributed by atoms with Crippen LogP contribution in [-0.2, 0) is 4.74 Å². The monoisotopic (exact) mass is 259 g/mol. The van der Waals surface area contributed by atoms with E-state index in [9.17, 15) is 0 Å². The molecule has 1 aromatic rings. The topological polar surface area (TPSA) is 12.5 Å². The number of piperidine rings is 1. The second kappa shape index (κ2) is 5.26.